The van der Waals surface area contributed by atoms with Crippen LogP contribution in [0.3, 0.4) is 0 Å². The second kappa shape index (κ2) is 5.69. The molecular weight excluding hydrogens is 310 g/mol. The Morgan fingerprint density at radius 1 is 1.04 bits per heavy atom. The third kappa shape index (κ3) is 2.42. The Hall–Kier alpha value is -2.69. The number of aromatic nitrogens is 5. The van der Waals surface area contributed by atoms with E-state index in [-0.39, 0.29) is 0 Å². The van der Waals surface area contributed by atoms with Gasteiger partial charge in [0.2, 0.25) is 0 Å². The molecule has 128 valence electrons. The standard InChI is InChI=1S/C20H23N5/c1-12(2)10-24-15(5)14(4)17-19(24)21-11-25-20(17)22-18(23-25)16-9-7-6-8-13(16)3/h6-9,11-12H,10H2,1-5H3. The molecule has 5 heteroatoms. The summed E-state index contributed by atoms with van der Waals surface area (Å²) in [6.45, 7) is 11.8. The first-order chi connectivity index (χ1) is 12.0. The van der Waals surface area contributed by atoms with Crippen molar-refractivity contribution in [2.75, 3.05) is 0 Å². The molecule has 0 bridgehead atoms. The molecule has 0 unspecified atom stereocenters. The van der Waals surface area contributed by atoms with Crippen LogP contribution in [0.1, 0.15) is 30.7 Å². The number of hydrogen-bond donors (Lipinski definition) is 0. The molecule has 25 heavy (non-hydrogen) atoms. The number of fused-ring (bicyclic) bond motifs is 3. The summed E-state index contributed by atoms with van der Waals surface area (Å²) in [7, 11) is 0. The number of benzene rings is 1. The van der Waals surface area contributed by atoms with Crippen LogP contribution in [-0.2, 0) is 6.54 Å². The van der Waals surface area contributed by atoms with E-state index in [9.17, 15) is 0 Å². The molecule has 0 aliphatic heterocycles. The summed E-state index contributed by atoms with van der Waals surface area (Å²) < 4.78 is 4.10. The zero-order chi connectivity index (χ0) is 17.7. The molecule has 1 aromatic carbocycles. The van der Waals surface area contributed by atoms with Crippen molar-refractivity contribution in [2.24, 2.45) is 5.92 Å². The fraction of sp³-hybridized carbons (Fsp3) is 0.350. The van der Waals surface area contributed by atoms with E-state index >= 15 is 0 Å². The van der Waals surface area contributed by atoms with E-state index in [0.717, 1.165) is 34.6 Å². The highest BCUT2D eigenvalue weighted by Gasteiger charge is 2.19. The van der Waals surface area contributed by atoms with Gasteiger partial charge in [-0.3, -0.25) is 0 Å². The molecule has 3 heterocycles. The van der Waals surface area contributed by atoms with Crippen LogP contribution < -0.4 is 0 Å². The maximum Gasteiger partial charge on any atom is 0.182 e. The van der Waals surface area contributed by atoms with Crippen LogP contribution in [0.25, 0.3) is 28.1 Å². The number of hydrogen-bond acceptors (Lipinski definition) is 3. The normalized spacial score (nSPS) is 11.9. The third-order valence-electron chi connectivity index (χ3n) is 4.88. The molecule has 0 saturated heterocycles. The predicted octanol–water partition coefficient (Wildman–Crippen LogP) is 4.33. The Bertz CT molecular complexity index is 1080. The average Bonchev–Trinajstić information content (AvgIpc) is 3.10. The van der Waals surface area contributed by atoms with E-state index in [1.165, 1.54) is 16.8 Å². The molecule has 0 fully saturated rings. The number of rotatable bonds is 3. The first kappa shape index (κ1) is 15.8. The van der Waals surface area contributed by atoms with Crippen molar-refractivity contribution in [3.05, 3.63) is 47.4 Å². The molecule has 5 nitrogen and oxygen atoms in total. The maximum atomic E-state index is 4.86. The van der Waals surface area contributed by atoms with E-state index in [2.05, 4.69) is 56.4 Å². The predicted molar refractivity (Wildman–Crippen MR) is 101 cm³/mol. The van der Waals surface area contributed by atoms with Gasteiger partial charge in [-0.2, -0.15) is 0 Å². The van der Waals surface area contributed by atoms with Crippen molar-refractivity contribution in [2.45, 2.75) is 41.2 Å². The zero-order valence-corrected chi connectivity index (χ0v) is 15.4. The lowest BCUT2D eigenvalue weighted by Gasteiger charge is -2.10. The summed E-state index contributed by atoms with van der Waals surface area (Å²) >= 11 is 0. The van der Waals surface area contributed by atoms with E-state index in [4.69, 9.17) is 9.97 Å². The molecule has 0 N–H and O–H groups in total. The van der Waals surface area contributed by atoms with E-state index < -0.39 is 0 Å². The quantitative estimate of drug-likeness (QED) is 0.561. The Labute approximate surface area is 147 Å². The van der Waals surface area contributed by atoms with Crippen LogP contribution in [0.15, 0.2) is 30.6 Å². The molecule has 0 saturated carbocycles. The Morgan fingerprint density at radius 2 is 1.80 bits per heavy atom. The van der Waals surface area contributed by atoms with E-state index in [1.54, 1.807) is 10.8 Å². The van der Waals surface area contributed by atoms with Crippen molar-refractivity contribution in [1.82, 2.24) is 24.1 Å². The monoisotopic (exact) mass is 333 g/mol. The van der Waals surface area contributed by atoms with Crippen molar-refractivity contribution in [3.63, 3.8) is 0 Å². The first-order valence-corrected chi connectivity index (χ1v) is 8.74. The lowest BCUT2D eigenvalue weighted by Crippen LogP contribution is -2.07. The van der Waals surface area contributed by atoms with Crippen molar-refractivity contribution in [3.8, 4) is 11.4 Å². The molecule has 0 radical (unpaired) electrons. The number of aryl methyl sites for hydroxylation is 2. The molecule has 3 aromatic heterocycles. The third-order valence-corrected chi connectivity index (χ3v) is 4.88. The van der Waals surface area contributed by atoms with Crippen LogP contribution in [0.2, 0.25) is 0 Å². The molecule has 0 aliphatic rings. The van der Waals surface area contributed by atoms with Gasteiger partial charge in [-0.15, -0.1) is 5.10 Å². The van der Waals surface area contributed by atoms with E-state index in [1.807, 2.05) is 12.1 Å². The summed E-state index contributed by atoms with van der Waals surface area (Å²) in [5.41, 5.74) is 6.61. The molecular formula is C20H23N5. The lowest BCUT2D eigenvalue weighted by atomic mass is 10.1. The molecule has 4 aromatic rings. The minimum absolute atomic E-state index is 0.562. The SMILES string of the molecule is Cc1ccccc1-c1nc2c3c(C)c(C)n(CC(C)C)c3ncn2n1. The smallest absolute Gasteiger partial charge is 0.182 e. The van der Waals surface area contributed by atoms with E-state index in [0.29, 0.717) is 5.92 Å². The van der Waals surface area contributed by atoms with Crippen LogP contribution in [-0.4, -0.2) is 24.1 Å². The van der Waals surface area contributed by atoms with Gasteiger partial charge < -0.3 is 4.57 Å². The van der Waals surface area contributed by atoms with Gasteiger partial charge in [0, 0.05) is 17.8 Å². The van der Waals surface area contributed by atoms with Gasteiger partial charge in [-0.1, -0.05) is 38.1 Å². The summed E-state index contributed by atoms with van der Waals surface area (Å²) in [6, 6.07) is 8.21. The Morgan fingerprint density at radius 3 is 2.52 bits per heavy atom. The molecule has 0 spiro atoms. The highest BCUT2D eigenvalue weighted by atomic mass is 15.3. The zero-order valence-electron chi connectivity index (χ0n) is 15.4. The van der Waals surface area contributed by atoms with Gasteiger partial charge in [0.25, 0.3) is 0 Å². The minimum Gasteiger partial charge on any atom is -0.329 e. The van der Waals surface area contributed by atoms with Crippen LogP contribution in [0.5, 0.6) is 0 Å². The van der Waals surface area contributed by atoms with Crippen LogP contribution in [0, 0.1) is 26.7 Å². The Balaban J connectivity index is 2.00. The Kier molecular flexibility index (Phi) is 3.60. The summed E-state index contributed by atoms with van der Waals surface area (Å²) in [5, 5.41) is 5.77. The van der Waals surface area contributed by atoms with Gasteiger partial charge in [-0.05, 0) is 37.8 Å². The second-order valence-electron chi connectivity index (χ2n) is 7.18. The lowest BCUT2D eigenvalue weighted by molar-refractivity contribution is 0.524. The first-order valence-electron chi connectivity index (χ1n) is 8.74. The van der Waals surface area contributed by atoms with Gasteiger partial charge >= 0.3 is 0 Å². The molecule has 0 aliphatic carbocycles. The van der Waals surface area contributed by atoms with Crippen LogP contribution in [0.4, 0.5) is 0 Å². The summed E-state index contributed by atoms with van der Waals surface area (Å²) in [5.74, 6) is 1.31. The molecule has 0 amide bonds. The van der Waals surface area contributed by atoms with Crippen LogP contribution >= 0.6 is 0 Å². The van der Waals surface area contributed by atoms with Gasteiger partial charge in [0.05, 0.1) is 5.39 Å². The van der Waals surface area contributed by atoms with Gasteiger partial charge in [-0.25, -0.2) is 14.5 Å². The highest BCUT2D eigenvalue weighted by molar-refractivity contribution is 5.94. The maximum absolute atomic E-state index is 4.86. The van der Waals surface area contributed by atoms with Gasteiger partial charge in [0.15, 0.2) is 11.5 Å². The largest absolute Gasteiger partial charge is 0.329 e. The average molecular weight is 333 g/mol. The fourth-order valence-electron chi connectivity index (χ4n) is 3.46. The van der Waals surface area contributed by atoms with Crippen molar-refractivity contribution < 1.29 is 0 Å². The molecule has 4 rings (SSSR count). The van der Waals surface area contributed by atoms with Crippen molar-refractivity contribution in [1.29, 1.82) is 0 Å². The fourth-order valence-corrected chi connectivity index (χ4v) is 3.46. The summed E-state index contributed by atoms with van der Waals surface area (Å²) in [4.78, 5) is 9.56. The topological polar surface area (TPSA) is 48.0 Å². The highest BCUT2D eigenvalue weighted by Crippen LogP contribution is 2.29. The van der Waals surface area contributed by atoms with Crippen molar-refractivity contribution >= 4 is 16.7 Å². The molecule has 0 atom stereocenters. The summed E-state index contributed by atoms with van der Waals surface area (Å²) in [6.07, 6.45) is 1.78. The van der Waals surface area contributed by atoms with Gasteiger partial charge in [0.1, 0.15) is 12.0 Å². The second-order valence-corrected chi connectivity index (χ2v) is 7.18. The number of nitrogens with zero attached hydrogens (tertiary/aromatic N) is 5. The minimum atomic E-state index is 0.562.